The Labute approximate surface area is 149 Å². The van der Waals surface area contributed by atoms with E-state index in [1.165, 1.54) is 4.90 Å². The Bertz CT molecular complexity index is 750. The normalized spacial score (nSPS) is 11.2. The molecule has 24 heavy (non-hydrogen) atoms. The molecule has 0 bridgehead atoms. The Morgan fingerprint density at radius 1 is 1.25 bits per heavy atom. The van der Waals surface area contributed by atoms with Crippen molar-refractivity contribution in [3.05, 3.63) is 52.4 Å². The molecule has 2 rings (SSSR count). The maximum absolute atomic E-state index is 12.5. The molecule has 0 spiro atoms. The molecule has 6 nitrogen and oxygen atoms in total. The summed E-state index contributed by atoms with van der Waals surface area (Å²) < 4.78 is 5.76. The Hall–Kier alpha value is -2.12. The molecule has 128 valence electrons. The van der Waals surface area contributed by atoms with Crippen LogP contribution in [0.4, 0.5) is 5.69 Å². The maximum Gasteiger partial charge on any atom is 0.293 e. The van der Waals surface area contributed by atoms with E-state index in [2.05, 4.69) is 21.2 Å². The minimum atomic E-state index is -0.521. The average molecular weight is 394 g/mol. The van der Waals surface area contributed by atoms with Gasteiger partial charge in [0.1, 0.15) is 0 Å². The minimum absolute atomic E-state index is 0.183. The number of hydrogen-bond donors (Lipinski definition) is 2. The largest absolute Gasteiger partial charge is 0.444 e. The molecule has 0 saturated heterocycles. The van der Waals surface area contributed by atoms with Crippen molar-refractivity contribution in [1.82, 2.24) is 5.32 Å². The van der Waals surface area contributed by atoms with Gasteiger partial charge in [-0.3, -0.25) is 9.59 Å². The quantitative estimate of drug-likeness (QED) is 0.816. The number of hydrogen-bond acceptors (Lipinski definition) is 4. The summed E-state index contributed by atoms with van der Waals surface area (Å²) in [4.78, 5) is 26.3. The molecule has 0 unspecified atom stereocenters. The lowest BCUT2D eigenvalue weighted by atomic mass is 10.1. The van der Waals surface area contributed by atoms with Crippen LogP contribution in [0.15, 0.2) is 45.5 Å². The average Bonchev–Trinajstić information content (AvgIpc) is 2.97. The molecule has 0 radical (unpaired) electrons. The molecule has 0 aliphatic heterocycles. The van der Waals surface area contributed by atoms with Gasteiger partial charge >= 0.3 is 0 Å². The second-order valence-electron chi connectivity index (χ2n) is 6.16. The number of rotatable bonds is 5. The van der Waals surface area contributed by atoms with Gasteiger partial charge in [0, 0.05) is 19.1 Å². The number of nitrogens with one attached hydrogen (secondary N) is 1. The van der Waals surface area contributed by atoms with Gasteiger partial charge in [0.2, 0.25) is 0 Å². The summed E-state index contributed by atoms with van der Waals surface area (Å²) in [7, 11) is 1.59. The maximum atomic E-state index is 12.5. The van der Waals surface area contributed by atoms with Crippen molar-refractivity contribution in [2.75, 3.05) is 18.5 Å². The highest BCUT2D eigenvalue weighted by molar-refractivity contribution is 9.10. The van der Waals surface area contributed by atoms with E-state index < -0.39 is 5.54 Å². The van der Waals surface area contributed by atoms with Gasteiger partial charge in [-0.1, -0.05) is 12.1 Å². The van der Waals surface area contributed by atoms with Crippen molar-refractivity contribution in [2.24, 2.45) is 5.73 Å². The highest BCUT2D eigenvalue weighted by atomic mass is 79.9. The summed E-state index contributed by atoms with van der Waals surface area (Å²) in [5, 5.41) is 2.78. The number of para-hydroxylation sites is 1. The molecule has 1 aromatic carbocycles. The molecule has 1 heterocycles. The molecule has 3 N–H and O–H groups in total. The van der Waals surface area contributed by atoms with Crippen LogP contribution in [-0.2, 0) is 0 Å². The van der Waals surface area contributed by atoms with Crippen LogP contribution in [0, 0.1) is 0 Å². The Morgan fingerprint density at radius 3 is 2.50 bits per heavy atom. The van der Waals surface area contributed by atoms with Crippen LogP contribution in [0.25, 0.3) is 0 Å². The highest BCUT2D eigenvalue weighted by Crippen LogP contribution is 2.23. The fraction of sp³-hybridized carbons (Fsp3) is 0.294. The van der Waals surface area contributed by atoms with Crippen molar-refractivity contribution >= 4 is 33.4 Å². The minimum Gasteiger partial charge on any atom is -0.444 e. The van der Waals surface area contributed by atoms with Crippen molar-refractivity contribution in [3.8, 4) is 0 Å². The van der Waals surface area contributed by atoms with Gasteiger partial charge in [-0.2, -0.15) is 0 Å². The van der Waals surface area contributed by atoms with Crippen LogP contribution >= 0.6 is 15.9 Å². The van der Waals surface area contributed by atoms with E-state index in [-0.39, 0.29) is 17.6 Å². The SMILES string of the molecule is CN(C(=O)c1ccc(Br)o1)c1ccccc1C(=O)NCC(C)(C)N. The lowest BCUT2D eigenvalue weighted by Crippen LogP contribution is -2.45. The molecule has 0 atom stereocenters. The second-order valence-corrected chi connectivity index (χ2v) is 6.94. The zero-order valence-corrected chi connectivity index (χ0v) is 15.4. The number of nitrogens with two attached hydrogens (primary N) is 1. The fourth-order valence-electron chi connectivity index (χ4n) is 2.07. The van der Waals surface area contributed by atoms with E-state index in [4.69, 9.17) is 10.2 Å². The third kappa shape index (κ3) is 4.46. The Kier molecular flexibility index (Phi) is 5.46. The van der Waals surface area contributed by atoms with Crippen molar-refractivity contribution in [2.45, 2.75) is 19.4 Å². The van der Waals surface area contributed by atoms with E-state index in [1.807, 2.05) is 13.8 Å². The molecule has 1 aromatic heterocycles. The molecule has 0 aliphatic rings. The van der Waals surface area contributed by atoms with Gasteiger partial charge in [-0.05, 0) is 54.0 Å². The summed E-state index contributed by atoms with van der Waals surface area (Å²) >= 11 is 3.17. The van der Waals surface area contributed by atoms with Gasteiger partial charge in [-0.25, -0.2) is 0 Å². The smallest absolute Gasteiger partial charge is 0.293 e. The zero-order valence-electron chi connectivity index (χ0n) is 13.8. The number of nitrogens with zero attached hydrogens (tertiary/aromatic N) is 1. The lowest BCUT2D eigenvalue weighted by molar-refractivity contribution is 0.0946. The number of amides is 2. The molecule has 0 saturated carbocycles. The first kappa shape index (κ1) is 18.2. The third-order valence-electron chi connectivity index (χ3n) is 3.30. The predicted molar refractivity (Wildman–Crippen MR) is 96.2 cm³/mol. The van der Waals surface area contributed by atoms with Crippen LogP contribution in [0.5, 0.6) is 0 Å². The van der Waals surface area contributed by atoms with E-state index >= 15 is 0 Å². The molecule has 7 heteroatoms. The first-order chi connectivity index (χ1) is 11.2. The number of halogens is 1. The van der Waals surface area contributed by atoms with E-state index in [1.54, 1.807) is 43.4 Å². The van der Waals surface area contributed by atoms with Crippen molar-refractivity contribution in [1.29, 1.82) is 0 Å². The van der Waals surface area contributed by atoms with Crippen LogP contribution < -0.4 is 16.0 Å². The van der Waals surface area contributed by atoms with Gasteiger partial charge in [0.05, 0.1) is 11.3 Å². The number of benzene rings is 1. The second kappa shape index (κ2) is 7.19. The van der Waals surface area contributed by atoms with E-state index in [9.17, 15) is 9.59 Å². The molecule has 0 fully saturated rings. The molecule has 0 aliphatic carbocycles. The highest BCUT2D eigenvalue weighted by Gasteiger charge is 2.22. The molecule has 2 aromatic rings. The van der Waals surface area contributed by atoms with Crippen LogP contribution in [0.1, 0.15) is 34.8 Å². The van der Waals surface area contributed by atoms with Crippen molar-refractivity contribution in [3.63, 3.8) is 0 Å². The van der Waals surface area contributed by atoms with Crippen LogP contribution in [0.3, 0.4) is 0 Å². The summed E-state index contributed by atoms with van der Waals surface area (Å²) in [6.07, 6.45) is 0. The predicted octanol–water partition coefficient (Wildman–Crippen LogP) is 2.79. The van der Waals surface area contributed by atoms with Crippen LogP contribution in [0.2, 0.25) is 0 Å². The van der Waals surface area contributed by atoms with Gasteiger partial charge in [-0.15, -0.1) is 0 Å². The first-order valence-corrected chi connectivity index (χ1v) is 8.18. The number of carbonyl (C=O) groups excluding carboxylic acids is 2. The van der Waals surface area contributed by atoms with Crippen molar-refractivity contribution < 1.29 is 14.0 Å². The van der Waals surface area contributed by atoms with Gasteiger partial charge in [0.25, 0.3) is 11.8 Å². The molecular formula is C17H20BrN3O3. The topological polar surface area (TPSA) is 88.6 Å². The summed E-state index contributed by atoms with van der Waals surface area (Å²) in [5.41, 5.74) is 6.25. The Balaban J connectivity index is 2.24. The summed E-state index contributed by atoms with van der Waals surface area (Å²) in [5.74, 6) is -0.452. The van der Waals surface area contributed by atoms with E-state index in [0.29, 0.717) is 22.5 Å². The monoisotopic (exact) mass is 393 g/mol. The zero-order chi connectivity index (χ0) is 17.9. The van der Waals surface area contributed by atoms with E-state index in [0.717, 1.165) is 0 Å². The van der Waals surface area contributed by atoms with Crippen LogP contribution in [-0.4, -0.2) is 30.9 Å². The Morgan fingerprint density at radius 2 is 1.92 bits per heavy atom. The standard InChI is InChI=1S/C17H20BrN3O3/c1-17(2,19)10-20-15(22)11-6-4-5-7-12(11)21(3)16(23)13-8-9-14(18)24-13/h4-9H,10,19H2,1-3H3,(H,20,22). The van der Waals surface area contributed by atoms with Gasteiger partial charge < -0.3 is 20.4 Å². The fourth-order valence-corrected chi connectivity index (χ4v) is 2.37. The number of carbonyl (C=O) groups is 2. The lowest BCUT2D eigenvalue weighted by Gasteiger charge is -2.22. The first-order valence-electron chi connectivity index (χ1n) is 7.38. The molecule has 2 amide bonds. The van der Waals surface area contributed by atoms with Gasteiger partial charge in [0.15, 0.2) is 10.4 Å². The third-order valence-corrected chi connectivity index (χ3v) is 3.73. The number of anilines is 1. The summed E-state index contributed by atoms with van der Waals surface area (Å²) in [6.45, 7) is 3.97. The number of furan rings is 1. The molecular weight excluding hydrogens is 374 g/mol. The summed E-state index contributed by atoms with van der Waals surface area (Å²) in [6, 6.07) is 10.1.